The summed E-state index contributed by atoms with van der Waals surface area (Å²) in [5.41, 5.74) is 2.77. The summed E-state index contributed by atoms with van der Waals surface area (Å²) in [7, 11) is 1.64. The molecule has 1 spiro atoms. The smallest absolute Gasteiger partial charge is 0.224 e. The van der Waals surface area contributed by atoms with Crippen LogP contribution in [0.4, 0.5) is 0 Å². The van der Waals surface area contributed by atoms with Crippen LogP contribution >= 0.6 is 0 Å². The molecule has 5 rings (SSSR count). The van der Waals surface area contributed by atoms with E-state index in [1.54, 1.807) is 13.3 Å². The Hall–Kier alpha value is -3.26. The van der Waals surface area contributed by atoms with E-state index in [9.17, 15) is 9.59 Å². The van der Waals surface area contributed by atoms with Crippen LogP contribution in [0.1, 0.15) is 89.3 Å². The number of carbonyl (C=O) groups excluding carboxylic acids is 2. The molecular weight excluding hydrogens is 516 g/mol. The van der Waals surface area contributed by atoms with E-state index in [-0.39, 0.29) is 23.3 Å². The number of benzene rings is 1. The Balaban J connectivity index is 1.32. The summed E-state index contributed by atoms with van der Waals surface area (Å²) in [5, 5.41) is 4.30. The van der Waals surface area contributed by atoms with Gasteiger partial charge in [-0.25, -0.2) is 4.98 Å². The van der Waals surface area contributed by atoms with Crippen molar-refractivity contribution in [1.82, 2.24) is 20.2 Å². The summed E-state index contributed by atoms with van der Waals surface area (Å²) in [6, 6.07) is 7.65. The highest BCUT2D eigenvalue weighted by atomic mass is 16.5. The third kappa shape index (κ3) is 6.64. The highest BCUT2D eigenvalue weighted by molar-refractivity contribution is 5.87. The molecule has 2 aliphatic rings. The molecule has 0 radical (unpaired) electrons. The van der Waals surface area contributed by atoms with Crippen LogP contribution in [-0.2, 0) is 9.59 Å². The van der Waals surface area contributed by atoms with E-state index in [1.807, 2.05) is 38.1 Å². The molecule has 1 aliphatic carbocycles. The van der Waals surface area contributed by atoms with Gasteiger partial charge in [-0.1, -0.05) is 32.8 Å². The number of methoxy groups -OCH3 is 1. The molecule has 8 heteroatoms. The normalized spacial score (nSPS) is 18.9. The number of hydrogen-bond donors (Lipinski definition) is 1. The van der Waals surface area contributed by atoms with Gasteiger partial charge in [-0.3, -0.25) is 14.6 Å². The highest BCUT2D eigenvalue weighted by Gasteiger charge is 2.58. The first-order chi connectivity index (χ1) is 19.9. The van der Waals surface area contributed by atoms with E-state index >= 15 is 0 Å². The van der Waals surface area contributed by atoms with Crippen molar-refractivity contribution in [3.8, 4) is 17.1 Å². The van der Waals surface area contributed by atoms with Crippen LogP contribution in [0.3, 0.4) is 0 Å². The number of oxazole rings is 1. The predicted octanol–water partition coefficient (Wildman–Crippen LogP) is 6.42. The maximum Gasteiger partial charge on any atom is 0.224 e. The van der Waals surface area contributed by atoms with Gasteiger partial charge in [0.2, 0.25) is 11.8 Å². The minimum atomic E-state index is -0.317. The molecule has 1 saturated carbocycles. The number of aromatic nitrogens is 2. The van der Waals surface area contributed by atoms with Gasteiger partial charge < -0.3 is 19.4 Å². The van der Waals surface area contributed by atoms with Crippen molar-refractivity contribution in [2.24, 2.45) is 11.3 Å². The maximum absolute atomic E-state index is 13.5. The van der Waals surface area contributed by atoms with Gasteiger partial charge in [-0.2, -0.15) is 0 Å². The molecule has 1 saturated heterocycles. The Morgan fingerprint density at radius 1 is 1.17 bits per heavy atom. The third-order valence-corrected chi connectivity index (χ3v) is 9.20. The quantitative estimate of drug-likeness (QED) is 0.241. The van der Waals surface area contributed by atoms with Crippen molar-refractivity contribution < 1.29 is 18.7 Å². The zero-order chi connectivity index (χ0) is 29.0. The average Bonchev–Trinajstić information content (AvgIpc) is 3.46. The first-order valence-electron chi connectivity index (χ1n) is 15.3. The van der Waals surface area contributed by atoms with Crippen LogP contribution in [0.5, 0.6) is 5.75 Å². The van der Waals surface area contributed by atoms with Crippen LogP contribution in [0, 0.1) is 18.3 Å². The number of rotatable bonds is 13. The number of amides is 1. The molecule has 3 aromatic rings. The van der Waals surface area contributed by atoms with E-state index in [1.165, 1.54) is 0 Å². The van der Waals surface area contributed by atoms with Crippen LogP contribution < -0.4 is 10.1 Å². The van der Waals surface area contributed by atoms with Crippen LogP contribution in [-0.4, -0.2) is 53.3 Å². The van der Waals surface area contributed by atoms with Gasteiger partial charge in [0.1, 0.15) is 17.6 Å². The lowest BCUT2D eigenvalue weighted by atomic mass is 9.90. The van der Waals surface area contributed by atoms with Gasteiger partial charge in [-0.05, 0) is 76.2 Å². The first-order valence-corrected chi connectivity index (χ1v) is 15.3. The van der Waals surface area contributed by atoms with Crippen LogP contribution in [0.15, 0.2) is 34.9 Å². The number of nitrogens with zero attached hydrogens (tertiary/aromatic N) is 3. The fourth-order valence-electron chi connectivity index (χ4n) is 6.33. The minimum Gasteiger partial charge on any atom is -0.496 e. The number of piperidine rings is 1. The lowest BCUT2D eigenvalue weighted by Gasteiger charge is -2.32. The molecule has 1 aromatic carbocycles. The van der Waals surface area contributed by atoms with E-state index in [0.717, 1.165) is 80.3 Å². The van der Waals surface area contributed by atoms with Crippen molar-refractivity contribution in [2.75, 3.05) is 26.7 Å². The van der Waals surface area contributed by atoms with Gasteiger partial charge >= 0.3 is 0 Å². The molecule has 1 amide bonds. The summed E-state index contributed by atoms with van der Waals surface area (Å²) >= 11 is 0. The Morgan fingerprint density at radius 3 is 2.71 bits per heavy atom. The average molecular weight is 561 g/mol. The zero-order valence-electron chi connectivity index (χ0n) is 25.0. The number of hydrogen-bond acceptors (Lipinski definition) is 7. The number of ether oxygens (including phenoxy) is 1. The van der Waals surface area contributed by atoms with Gasteiger partial charge in [0, 0.05) is 35.9 Å². The molecular formula is C33H44N4O4. The second-order valence-corrected chi connectivity index (χ2v) is 11.9. The Labute approximate surface area is 243 Å². The summed E-state index contributed by atoms with van der Waals surface area (Å²) in [4.78, 5) is 37.0. The van der Waals surface area contributed by atoms with Gasteiger partial charge in [-0.15, -0.1) is 0 Å². The minimum absolute atomic E-state index is 0.0668. The van der Waals surface area contributed by atoms with Gasteiger partial charge in [0.15, 0.2) is 5.76 Å². The lowest BCUT2D eigenvalue weighted by Crippen LogP contribution is -2.37. The fourth-order valence-corrected chi connectivity index (χ4v) is 6.33. The largest absolute Gasteiger partial charge is 0.496 e. The monoisotopic (exact) mass is 560 g/mol. The molecule has 2 aromatic heterocycles. The Kier molecular flexibility index (Phi) is 9.07. The van der Waals surface area contributed by atoms with Gasteiger partial charge in [0.05, 0.1) is 24.4 Å². The summed E-state index contributed by atoms with van der Waals surface area (Å²) in [6.45, 7) is 9.30. The molecule has 2 atom stereocenters. The number of unbranched alkanes of at least 4 members (excludes halogenated alkanes) is 2. The second-order valence-electron chi connectivity index (χ2n) is 11.9. The van der Waals surface area contributed by atoms with Crippen LogP contribution in [0.25, 0.3) is 22.2 Å². The van der Waals surface area contributed by atoms with Crippen LogP contribution in [0.2, 0.25) is 0 Å². The molecule has 3 heterocycles. The maximum atomic E-state index is 13.5. The number of Topliss-reactive ketones (excluding diaryl/α,β-unsaturated/α-hetero) is 1. The third-order valence-electron chi connectivity index (χ3n) is 9.20. The van der Waals surface area contributed by atoms with Crippen molar-refractivity contribution in [2.45, 2.75) is 84.6 Å². The topological polar surface area (TPSA) is 97.6 Å². The standard InChI is InChI=1S/C33H44N4O4/c1-5-24(38)10-8-7-9-11-27(36-31(39)26-20-33(26)14-16-37(6-2)17-15-33)32-34-21-30(41-32)25-18-23-13-12-22(3)35-28(23)19-29(25)40-4/h12-13,18-19,21,26-27H,5-11,14-17,20H2,1-4H3,(H,36,39)/t26-,27+/m1/s1. The van der Waals surface area contributed by atoms with Gasteiger partial charge in [0.25, 0.3) is 0 Å². The highest BCUT2D eigenvalue weighted by Crippen LogP contribution is 2.59. The molecule has 41 heavy (non-hydrogen) atoms. The summed E-state index contributed by atoms with van der Waals surface area (Å²) in [5.74, 6) is 2.26. The number of aryl methyl sites for hydroxylation is 1. The molecule has 2 fully saturated rings. The molecule has 0 bridgehead atoms. The van der Waals surface area contributed by atoms with E-state index in [4.69, 9.17) is 9.15 Å². The Morgan fingerprint density at radius 2 is 1.98 bits per heavy atom. The molecule has 1 N–H and O–H groups in total. The SMILES string of the molecule is CCC(=O)CCCCC[C@H](NC(=O)[C@H]1CC12CCN(CC)CC2)c1ncc(-c2cc3ccc(C)nc3cc2OC)o1. The molecule has 0 unspecified atom stereocenters. The number of pyridine rings is 1. The number of nitrogens with one attached hydrogen (secondary N) is 1. The number of ketones is 1. The van der Waals surface area contributed by atoms with E-state index in [0.29, 0.717) is 42.4 Å². The van der Waals surface area contributed by atoms with Crippen molar-refractivity contribution in [3.05, 3.63) is 42.0 Å². The van der Waals surface area contributed by atoms with E-state index in [2.05, 4.69) is 27.1 Å². The van der Waals surface area contributed by atoms with Crippen molar-refractivity contribution >= 4 is 22.6 Å². The molecule has 8 nitrogen and oxygen atoms in total. The molecule has 1 aliphatic heterocycles. The van der Waals surface area contributed by atoms with Crippen molar-refractivity contribution in [1.29, 1.82) is 0 Å². The summed E-state index contributed by atoms with van der Waals surface area (Å²) in [6.07, 6.45) is 9.47. The lowest BCUT2D eigenvalue weighted by molar-refractivity contribution is -0.124. The number of fused-ring (bicyclic) bond motifs is 1. The van der Waals surface area contributed by atoms with Crippen molar-refractivity contribution in [3.63, 3.8) is 0 Å². The number of likely N-dealkylation sites (tertiary alicyclic amines) is 1. The van der Waals surface area contributed by atoms with E-state index < -0.39 is 0 Å². The fraction of sp³-hybridized carbons (Fsp3) is 0.576. The molecule has 220 valence electrons. The zero-order valence-corrected chi connectivity index (χ0v) is 25.0. The summed E-state index contributed by atoms with van der Waals surface area (Å²) < 4.78 is 12.0. The first kappa shape index (κ1) is 29.2. The number of carbonyl (C=O) groups is 2. The Bertz CT molecular complexity index is 1370. The second kappa shape index (κ2) is 12.7. The predicted molar refractivity (Wildman–Crippen MR) is 160 cm³/mol.